The van der Waals surface area contributed by atoms with E-state index in [9.17, 15) is 0 Å². The molecule has 212 valence electrons. The van der Waals surface area contributed by atoms with Crippen LogP contribution in [0.4, 0.5) is 0 Å². The van der Waals surface area contributed by atoms with Gasteiger partial charge in [-0.05, 0) is 12.1 Å². The number of aromatic nitrogens is 2. The van der Waals surface area contributed by atoms with Crippen molar-refractivity contribution in [2.24, 2.45) is 0 Å². The molecule has 8 nitrogen and oxygen atoms in total. The Hall–Kier alpha value is -0.521. The second kappa shape index (κ2) is 17.3. The zero-order chi connectivity index (χ0) is 26.4. The predicted octanol–water partition coefficient (Wildman–Crippen LogP) is 4.00. The van der Waals surface area contributed by atoms with E-state index in [0.717, 1.165) is 101 Å². The molecule has 5 heterocycles. The first-order valence-corrected chi connectivity index (χ1v) is 18.1. The summed E-state index contributed by atoms with van der Waals surface area (Å²) < 4.78 is 16.5. The predicted molar refractivity (Wildman–Crippen MR) is 160 cm³/mol. The van der Waals surface area contributed by atoms with Crippen LogP contribution in [0.5, 0.6) is 0 Å². The monoisotopic (exact) mass is 701 g/mol. The van der Waals surface area contributed by atoms with E-state index in [-0.39, 0.29) is 7.92 Å². The van der Waals surface area contributed by atoms with E-state index in [1.807, 2.05) is 12.1 Å². The summed E-state index contributed by atoms with van der Waals surface area (Å²) in [4.78, 5) is 16.5. The molecule has 3 saturated heterocycles. The standard InChI is InChI=1S/C15H30N3O3P.C12H8N2.Cu.HI/c1-7-19-8-2-16(1)13-22(14-17-3-9-20-10-4-17)15-18-5-11-21-12-6-18;1-3-9-5-6-10-4-2-8-14-12(10)11(9)13-7-1;;/h1-15H2;1-8H;;1H/q;;+1;/p-1. The van der Waals surface area contributed by atoms with Crippen LogP contribution in [0.1, 0.15) is 0 Å². The van der Waals surface area contributed by atoms with Gasteiger partial charge in [-0.25, -0.2) is 0 Å². The average Bonchev–Trinajstić information content (AvgIpc) is 3.00. The van der Waals surface area contributed by atoms with Gasteiger partial charge in [0.2, 0.25) is 0 Å². The van der Waals surface area contributed by atoms with Crippen LogP contribution < -0.4 is 0 Å². The summed E-state index contributed by atoms with van der Waals surface area (Å²) in [5, 5.41) is 2.28. The first kappa shape index (κ1) is 30.4. The Bertz CT molecular complexity index is 982. The van der Waals surface area contributed by atoms with Gasteiger partial charge in [-0.1, -0.05) is 32.2 Å². The molecule has 0 saturated carbocycles. The normalized spacial score (nSPS) is 19.6. The van der Waals surface area contributed by atoms with Gasteiger partial charge < -0.3 is 14.2 Å². The van der Waals surface area contributed by atoms with Crippen molar-refractivity contribution >= 4 is 50.1 Å². The molecule has 0 bridgehead atoms. The molecule has 3 aliphatic rings. The van der Waals surface area contributed by atoms with Gasteiger partial charge in [0.25, 0.3) is 0 Å². The molecule has 2 aromatic heterocycles. The van der Waals surface area contributed by atoms with E-state index in [2.05, 4.69) is 61.7 Å². The minimum Gasteiger partial charge on any atom is -0.254 e. The third-order valence-corrected chi connectivity index (χ3v) is 9.26. The molecule has 0 unspecified atom stereocenters. The van der Waals surface area contributed by atoms with Crippen molar-refractivity contribution in [1.29, 1.82) is 0 Å². The average molecular weight is 702 g/mol. The van der Waals surface area contributed by atoms with Crippen LogP contribution in [0.2, 0.25) is 0 Å². The molecule has 1 aromatic carbocycles. The van der Waals surface area contributed by atoms with Crippen molar-refractivity contribution in [2.45, 2.75) is 0 Å². The van der Waals surface area contributed by atoms with Gasteiger partial charge in [-0.3, -0.25) is 24.7 Å². The molecule has 3 fully saturated rings. The number of nitrogens with zero attached hydrogens (tertiary/aromatic N) is 5. The van der Waals surface area contributed by atoms with Crippen molar-refractivity contribution in [3.05, 3.63) is 48.8 Å². The summed E-state index contributed by atoms with van der Waals surface area (Å²) in [6.45, 7) is 12.0. The largest absolute Gasteiger partial charge is 0.254 e. The minimum absolute atomic E-state index is 0.0181. The van der Waals surface area contributed by atoms with Gasteiger partial charge in [0.05, 0.1) is 50.7 Å². The molecule has 6 rings (SSSR count). The van der Waals surface area contributed by atoms with Crippen LogP contribution in [0, 0.1) is 0 Å². The third-order valence-electron chi connectivity index (χ3n) is 6.86. The zero-order valence-electron chi connectivity index (χ0n) is 21.8. The van der Waals surface area contributed by atoms with Crippen LogP contribution in [-0.2, 0) is 27.0 Å². The maximum Gasteiger partial charge on any atom is 0.0964 e. The van der Waals surface area contributed by atoms with Crippen molar-refractivity contribution in [3.63, 3.8) is 0 Å². The summed E-state index contributed by atoms with van der Waals surface area (Å²) in [7, 11) is -0.0181. The number of benzene rings is 1. The second-order valence-corrected chi connectivity index (χ2v) is 11.7. The quantitative estimate of drug-likeness (QED) is 0.166. The SMILES string of the molecule is C1CN(CP(CN2CCOCC2)CN2CCOCC2)CCO1.[Cu][I].c1cnc2c(c1)ccc1cccnc12. The Kier molecular flexibility index (Phi) is 13.9. The third kappa shape index (κ3) is 9.54. The number of pyridine rings is 2. The molecule has 0 amide bonds. The van der Waals surface area contributed by atoms with Crippen molar-refractivity contribution in [1.82, 2.24) is 24.7 Å². The fourth-order valence-electron chi connectivity index (χ4n) is 4.89. The van der Waals surface area contributed by atoms with Gasteiger partial charge in [0.15, 0.2) is 0 Å². The number of rotatable bonds is 6. The first-order valence-electron chi connectivity index (χ1n) is 13.2. The van der Waals surface area contributed by atoms with Gasteiger partial charge in [0, 0.05) is 81.3 Å². The maximum absolute atomic E-state index is 5.49. The van der Waals surface area contributed by atoms with E-state index < -0.39 is 0 Å². The van der Waals surface area contributed by atoms with Gasteiger partial charge in [0.1, 0.15) is 0 Å². The minimum atomic E-state index is -0.0181. The second-order valence-electron chi connectivity index (χ2n) is 9.50. The van der Waals surface area contributed by atoms with Crippen LogP contribution in [0.15, 0.2) is 48.8 Å². The number of hydrogen-bond donors (Lipinski definition) is 0. The molecule has 38 heavy (non-hydrogen) atoms. The van der Waals surface area contributed by atoms with E-state index in [1.165, 1.54) is 18.9 Å². The summed E-state index contributed by atoms with van der Waals surface area (Å²) >= 11 is 5.87. The van der Waals surface area contributed by atoms with Crippen molar-refractivity contribution in [2.75, 3.05) is 97.8 Å². The van der Waals surface area contributed by atoms with E-state index in [0.29, 0.717) is 0 Å². The summed E-state index contributed by atoms with van der Waals surface area (Å²) in [5.41, 5.74) is 1.95. The molecule has 11 heteroatoms. The van der Waals surface area contributed by atoms with Gasteiger partial charge in [-0.2, -0.15) is 0 Å². The summed E-state index contributed by atoms with van der Waals surface area (Å²) in [5.74, 6) is 0. The Labute approximate surface area is 247 Å². The zero-order valence-corrected chi connectivity index (χ0v) is 25.8. The Morgan fingerprint density at radius 2 is 0.947 bits per heavy atom. The number of morpholine rings is 3. The first-order chi connectivity index (χ1) is 18.8. The maximum atomic E-state index is 5.49. The van der Waals surface area contributed by atoms with Crippen LogP contribution in [0.3, 0.4) is 0 Å². The number of halogens is 1. The molecule has 0 radical (unpaired) electrons. The molecule has 0 atom stereocenters. The topological polar surface area (TPSA) is 63.2 Å². The van der Waals surface area contributed by atoms with E-state index in [4.69, 9.17) is 14.2 Å². The molecule has 0 aliphatic carbocycles. The fraction of sp³-hybridized carbons (Fsp3) is 0.556. The van der Waals surface area contributed by atoms with Crippen molar-refractivity contribution < 1.29 is 27.0 Å². The fourth-order valence-corrected chi connectivity index (χ4v) is 7.70. The molecule has 3 aromatic rings. The molecular formula is C27H38CuIN5O3P. The number of fused-ring (bicyclic) bond motifs is 3. The van der Waals surface area contributed by atoms with Gasteiger partial charge >= 0.3 is 33.1 Å². The van der Waals surface area contributed by atoms with E-state index in [1.54, 1.807) is 32.7 Å². The van der Waals surface area contributed by atoms with Crippen LogP contribution in [0.25, 0.3) is 21.8 Å². The van der Waals surface area contributed by atoms with Crippen LogP contribution >= 0.6 is 28.3 Å². The summed E-state index contributed by atoms with van der Waals surface area (Å²) in [6.07, 6.45) is 7.38. The molecule has 0 N–H and O–H groups in total. The molecular weight excluding hydrogens is 664 g/mol. The Morgan fingerprint density at radius 1 is 0.605 bits per heavy atom. The number of ether oxygens (including phenoxy) is 3. The Morgan fingerprint density at radius 3 is 1.29 bits per heavy atom. The molecule has 3 aliphatic heterocycles. The van der Waals surface area contributed by atoms with Crippen LogP contribution in [-0.4, -0.2) is 122 Å². The van der Waals surface area contributed by atoms with E-state index >= 15 is 0 Å². The molecule has 0 spiro atoms. The number of hydrogen-bond acceptors (Lipinski definition) is 8. The Balaban J connectivity index is 0.000000180. The summed E-state index contributed by atoms with van der Waals surface area (Å²) in [6, 6.07) is 12.1. The van der Waals surface area contributed by atoms with Crippen molar-refractivity contribution in [3.8, 4) is 0 Å². The van der Waals surface area contributed by atoms with Gasteiger partial charge in [-0.15, -0.1) is 0 Å². The smallest absolute Gasteiger partial charge is 0.0964 e.